The van der Waals surface area contributed by atoms with Gasteiger partial charge in [0.15, 0.2) is 11.6 Å². The van der Waals surface area contributed by atoms with Crippen molar-refractivity contribution in [1.29, 1.82) is 0 Å². The lowest BCUT2D eigenvalue weighted by atomic mass is 10.1. The number of aromatic nitrogens is 5. The number of nitrogens with two attached hydrogens (primary N) is 1. The fourth-order valence-corrected chi connectivity index (χ4v) is 2.60. The lowest BCUT2D eigenvalue weighted by Gasteiger charge is -2.12. The highest BCUT2D eigenvalue weighted by Crippen LogP contribution is 2.23. The number of hydrazine groups is 1. The second-order valence-corrected chi connectivity index (χ2v) is 5.58. The molecule has 0 aliphatic rings. The molecule has 130 valence electrons. The number of anilines is 2. The number of benzene rings is 1. The molecule has 0 bridgehead atoms. The maximum atomic E-state index is 14.3. The van der Waals surface area contributed by atoms with Crippen LogP contribution in [0.15, 0.2) is 49.1 Å². The number of nitrogen functional groups attached to an aromatic ring is 1. The number of H-pyrrole nitrogens is 1. The molecule has 0 aliphatic carbocycles. The molecule has 0 saturated carbocycles. The van der Waals surface area contributed by atoms with Gasteiger partial charge < -0.3 is 10.7 Å². The number of hydrogen-bond acceptors (Lipinski definition) is 7. The average Bonchev–Trinajstić information content (AvgIpc) is 3.21. The van der Waals surface area contributed by atoms with Crippen molar-refractivity contribution in [3.63, 3.8) is 0 Å². The van der Waals surface area contributed by atoms with E-state index in [9.17, 15) is 4.39 Å². The van der Waals surface area contributed by atoms with Crippen molar-refractivity contribution in [2.24, 2.45) is 5.84 Å². The van der Waals surface area contributed by atoms with E-state index < -0.39 is 0 Å². The molecule has 0 aliphatic heterocycles. The van der Waals surface area contributed by atoms with Crippen LogP contribution in [0.3, 0.4) is 0 Å². The molecule has 9 heteroatoms. The first-order chi connectivity index (χ1) is 12.7. The van der Waals surface area contributed by atoms with E-state index in [-0.39, 0.29) is 12.4 Å². The summed E-state index contributed by atoms with van der Waals surface area (Å²) in [5.41, 5.74) is 4.98. The monoisotopic (exact) mass is 350 g/mol. The molecule has 0 saturated heterocycles. The zero-order valence-electron chi connectivity index (χ0n) is 13.6. The third kappa shape index (κ3) is 3.03. The molecule has 0 spiro atoms. The van der Waals surface area contributed by atoms with Gasteiger partial charge in [0, 0.05) is 41.5 Å². The lowest BCUT2D eigenvalue weighted by molar-refractivity contribution is 0.614. The van der Waals surface area contributed by atoms with Crippen LogP contribution in [0.5, 0.6) is 0 Å². The van der Waals surface area contributed by atoms with E-state index in [0.717, 1.165) is 10.9 Å². The van der Waals surface area contributed by atoms with Gasteiger partial charge in [-0.15, -0.1) is 0 Å². The van der Waals surface area contributed by atoms with Gasteiger partial charge in [0.1, 0.15) is 5.82 Å². The number of rotatable bonds is 5. The molecule has 8 nitrogen and oxygen atoms in total. The summed E-state index contributed by atoms with van der Waals surface area (Å²) in [7, 11) is 0. The number of pyridine rings is 1. The van der Waals surface area contributed by atoms with Gasteiger partial charge in [-0.25, -0.2) is 20.2 Å². The van der Waals surface area contributed by atoms with Crippen LogP contribution in [0.25, 0.3) is 22.2 Å². The first-order valence-corrected chi connectivity index (χ1v) is 7.84. The summed E-state index contributed by atoms with van der Waals surface area (Å²) in [5, 5.41) is 10.6. The van der Waals surface area contributed by atoms with Crippen molar-refractivity contribution in [3.05, 3.63) is 60.4 Å². The predicted octanol–water partition coefficient (Wildman–Crippen LogP) is 2.45. The van der Waals surface area contributed by atoms with Crippen LogP contribution in [-0.2, 0) is 6.54 Å². The lowest BCUT2D eigenvalue weighted by Crippen LogP contribution is -2.14. The molecule has 3 heterocycles. The standard InChI is InChI=1S/C17H15FN8/c18-13-5-14-10(2-1-3-20-14)4-11(13)6-21-16-17(26-19)22-9-15(25-16)12-7-23-24-8-12/h1-5,7-9H,6,19H2,(H,21,25)(H,22,26)(H,23,24). The van der Waals surface area contributed by atoms with E-state index >= 15 is 0 Å². The van der Waals surface area contributed by atoms with Crippen molar-refractivity contribution in [2.75, 3.05) is 10.7 Å². The molecule has 26 heavy (non-hydrogen) atoms. The van der Waals surface area contributed by atoms with E-state index in [1.165, 1.54) is 6.07 Å². The van der Waals surface area contributed by atoms with E-state index in [4.69, 9.17) is 5.84 Å². The van der Waals surface area contributed by atoms with Gasteiger partial charge in [-0.1, -0.05) is 6.07 Å². The maximum Gasteiger partial charge on any atom is 0.183 e. The Bertz CT molecular complexity index is 1050. The highest BCUT2D eigenvalue weighted by molar-refractivity contribution is 5.79. The Labute approximate surface area is 147 Å². The molecule has 4 aromatic rings. The third-order valence-corrected chi connectivity index (χ3v) is 3.92. The fraction of sp³-hybridized carbons (Fsp3) is 0.0588. The van der Waals surface area contributed by atoms with Gasteiger partial charge in [-0.05, 0) is 12.1 Å². The Morgan fingerprint density at radius 1 is 1.15 bits per heavy atom. The summed E-state index contributed by atoms with van der Waals surface area (Å²) in [6, 6.07) is 6.88. The SMILES string of the molecule is NNc1ncc(-c2cn[nH]c2)nc1NCc1cc2cccnc2cc1F. The van der Waals surface area contributed by atoms with Crippen molar-refractivity contribution in [2.45, 2.75) is 6.54 Å². The zero-order chi connectivity index (χ0) is 17.9. The van der Waals surface area contributed by atoms with Crippen LogP contribution >= 0.6 is 0 Å². The van der Waals surface area contributed by atoms with Crippen molar-refractivity contribution in [1.82, 2.24) is 25.1 Å². The second kappa shape index (κ2) is 6.73. The van der Waals surface area contributed by atoms with Crippen molar-refractivity contribution >= 4 is 22.5 Å². The van der Waals surface area contributed by atoms with Gasteiger partial charge in [0.25, 0.3) is 0 Å². The minimum Gasteiger partial charge on any atom is -0.363 e. The molecule has 0 atom stereocenters. The summed E-state index contributed by atoms with van der Waals surface area (Å²) in [4.78, 5) is 12.9. The van der Waals surface area contributed by atoms with Gasteiger partial charge in [-0.2, -0.15) is 5.10 Å². The Kier molecular flexibility index (Phi) is 4.12. The van der Waals surface area contributed by atoms with Crippen molar-refractivity contribution < 1.29 is 4.39 Å². The molecule has 0 unspecified atom stereocenters. The first-order valence-electron chi connectivity index (χ1n) is 7.84. The first kappa shape index (κ1) is 15.9. The molecule has 3 aromatic heterocycles. The number of aromatic amines is 1. The maximum absolute atomic E-state index is 14.3. The second-order valence-electron chi connectivity index (χ2n) is 5.58. The quantitative estimate of drug-likeness (QED) is 0.322. The van der Waals surface area contributed by atoms with Crippen LogP contribution in [0.4, 0.5) is 16.0 Å². The highest BCUT2D eigenvalue weighted by Gasteiger charge is 2.11. The summed E-state index contributed by atoms with van der Waals surface area (Å²) in [6.07, 6.45) is 6.56. The minimum absolute atomic E-state index is 0.217. The molecule has 0 fully saturated rings. The van der Waals surface area contributed by atoms with E-state index in [1.54, 1.807) is 30.9 Å². The van der Waals surface area contributed by atoms with Crippen molar-refractivity contribution in [3.8, 4) is 11.3 Å². The van der Waals surface area contributed by atoms with Crippen LogP contribution in [-0.4, -0.2) is 25.1 Å². The van der Waals surface area contributed by atoms with Gasteiger partial charge in [0.05, 0.1) is 23.6 Å². The molecule has 0 radical (unpaired) electrons. The smallest absolute Gasteiger partial charge is 0.183 e. The van der Waals surface area contributed by atoms with E-state index in [2.05, 4.69) is 35.9 Å². The molecule has 4 rings (SSSR count). The molecular formula is C17H15FN8. The summed E-state index contributed by atoms with van der Waals surface area (Å²) in [6.45, 7) is 0.217. The molecule has 0 amide bonds. The molecule has 1 aromatic carbocycles. The number of halogens is 1. The van der Waals surface area contributed by atoms with Crippen LogP contribution in [0.1, 0.15) is 5.56 Å². The largest absolute Gasteiger partial charge is 0.363 e. The summed E-state index contributed by atoms with van der Waals surface area (Å²) in [5.74, 6) is 5.93. The normalized spacial score (nSPS) is 10.8. The zero-order valence-corrected chi connectivity index (χ0v) is 13.6. The van der Waals surface area contributed by atoms with Crippen LogP contribution < -0.4 is 16.6 Å². The average molecular weight is 350 g/mol. The topological polar surface area (TPSA) is 117 Å². The van der Waals surface area contributed by atoms with Crippen LogP contribution in [0, 0.1) is 5.82 Å². The summed E-state index contributed by atoms with van der Waals surface area (Å²) < 4.78 is 14.3. The fourth-order valence-electron chi connectivity index (χ4n) is 2.60. The molecular weight excluding hydrogens is 335 g/mol. The Balaban J connectivity index is 1.63. The van der Waals surface area contributed by atoms with E-state index in [1.807, 2.05) is 12.1 Å². The number of fused-ring (bicyclic) bond motifs is 1. The minimum atomic E-state index is -0.343. The van der Waals surface area contributed by atoms with Gasteiger partial charge >= 0.3 is 0 Å². The number of nitrogens with one attached hydrogen (secondary N) is 3. The van der Waals surface area contributed by atoms with Gasteiger partial charge in [-0.3, -0.25) is 10.1 Å². The highest BCUT2D eigenvalue weighted by atomic mass is 19.1. The van der Waals surface area contributed by atoms with E-state index in [0.29, 0.717) is 28.4 Å². The number of hydrogen-bond donors (Lipinski definition) is 4. The summed E-state index contributed by atoms with van der Waals surface area (Å²) >= 11 is 0. The Hall–Kier alpha value is -3.59. The Morgan fingerprint density at radius 2 is 2.08 bits per heavy atom. The van der Waals surface area contributed by atoms with Gasteiger partial charge in [0.2, 0.25) is 0 Å². The third-order valence-electron chi connectivity index (χ3n) is 3.92. The predicted molar refractivity (Wildman–Crippen MR) is 96.5 cm³/mol. The molecule has 5 N–H and O–H groups in total. The van der Waals surface area contributed by atoms with Crippen LogP contribution in [0.2, 0.25) is 0 Å². The number of nitrogens with zero attached hydrogens (tertiary/aromatic N) is 4. The Morgan fingerprint density at radius 3 is 2.88 bits per heavy atom.